The molecule has 40 heavy (non-hydrogen) atoms. The average molecular weight is 526 g/mol. The van der Waals surface area contributed by atoms with Gasteiger partial charge in [-0.3, -0.25) is 19.6 Å². The van der Waals surface area contributed by atoms with Gasteiger partial charge in [-0.2, -0.15) is 5.10 Å². The van der Waals surface area contributed by atoms with Gasteiger partial charge in [-0.05, 0) is 49.1 Å². The van der Waals surface area contributed by atoms with Crippen LogP contribution in [0.5, 0.6) is 0 Å². The van der Waals surface area contributed by atoms with E-state index in [4.69, 9.17) is 5.10 Å². The fourth-order valence-electron chi connectivity index (χ4n) is 5.63. The first-order valence-corrected chi connectivity index (χ1v) is 13.3. The Balaban J connectivity index is 1.47. The summed E-state index contributed by atoms with van der Waals surface area (Å²) in [5.41, 5.74) is 4.75. The number of carbonyl (C=O) groups is 2. The van der Waals surface area contributed by atoms with Gasteiger partial charge in [0.05, 0.1) is 28.7 Å². The second-order valence-electron chi connectivity index (χ2n) is 10.4. The molecule has 7 nitrogen and oxygen atoms in total. The maximum absolute atomic E-state index is 13.5. The third-order valence-corrected chi connectivity index (χ3v) is 7.58. The fourth-order valence-corrected chi connectivity index (χ4v) is 5.63. The molecule has 0 bridgehead atoms. The molecule has 0 fully saturated rings. The third kappa shape index (κ3) is 3.82. The van der Waals surface area contributed by atoms with Gasteiger partial charge in [0.2, 0.25) is 0 Å². The molecule has 0 atom stereocenters. The molecular weight excluding hydrogens is 498 g/mol. The van der Waals surface area contributed by atoms with Gasteiger partial charge in [0.15, 0.2) is 0 Å². The second kappa shape index (κ2) is 9.32. The summed E-state index contributed by atoms with van der Waals surface area (Å²) in [6.07, 6.45) is 1.97. The largest absolute Gasteiger partial charge is 0.316 e. The van der Waals surface area contributed by atoms with E-state index in [1.54, 1.807) is 0 Å². The molecule has 1 N–H and O–H groups in total. The van der Waals surface area contributed by atoms with Crippen molar-refractivity contribution in [3.63, 3.8) is 0 Å². The molecule has 0 unspecified atom stereocenters. The number of hydrogen-bond acceptors (Lipinski definition) is 4. The van der Waals surface area contributed by atoms with Crippen molar-refractivity contribution < 1.29 is 9.59 Å². The Morgan fingerprint density at radius 3 is 2.23 bits per heavy atom. The number of carbonyl (C=O) groups excluding carboxylic acids is 2. The summed E-state index contributed by atoms with van der Waals surface area (Å²) in [4.78, 5) is 28.9. The molecule has 2 amide bonds. The Morgan fingerprint density at radius 2 is 1.43 bits per heavy atom. The Kier molecular flexibility index (Phi) is 5.61. The van der Waals surface area contributed by atoms with Crippen molar-refractivity contribution in [1.29, 1.82) is 0 Å². The maximum Gasteiger partial charge on any atom is 0.261 e. The van der Waals surface area contributed by atoms with Crippen molar-refractivity contribution in [1.82, 2.24) is 24.6 Å². The SMILES string of the molecule is CN(C)CCn1nc(C2=C(c3cn(-c4ccc5ccccc5c4)c4ccccc34)C(=O)NC2=O)c2ccccc21. The van der Waals surface area contributed by atoms with E-state index in [0.29, 0.717) is 28.9 Å². The minimum Gasteiger partial charge on any atom is -0.316 e. The number of likely N-dealkylation sites (N-methyl/N-ethyl adjacent to an activating group) is 1. The molecule has 1 aliphatic rings. The van der Waals surface area contributed by atoms with Crippen LogP contribution in [0.1, 0.15) is 11.3 Å². The van der Waals surface area contributed by atoms with Crippen LogP contribution in [-0.4, -0.2) is 51.7 Å². The van der Waals surface area contributed by atoms with E-state index in [0.717, 1.165) is 44.8 Å². The first-order chi connectivity index (χ1) is 19.5. The molecule has 0 spiro atoms. The van der Waals surface area contributed by atoms with E-state index in [2.05, 4.69) is 45.1 Å². The van der Waals surface area contributed by atoms with Crippen LogP contribution in [0.25, 0.3) is 49.4 Å². The van der Waals surface area contributed by atoms with Crippen LogP contribution in [0.4, 0.5) is 0 Å². The summed E-state index contributed by atoms with van der Waals surface area (Å²) < 4.78 is 4.01. The number of amides is 2. The first-order valence-electron chi connectivity index (χ1n) is 13.3. The quantitative estimate of drug-likeness (QED) is 0.301. The fraction of sp³-hybridized carbons (Fsp3) is 0.121. The minimum atomic E-state index is -0.425. The standard InChI is InChI=1S/C33H27N5O2/c1-36(2)17-18-38-28-14-8-6-12-25(28)31(35-38)30-29(32(39)34-33(30)40)26-20-37(27-13-7-5-11-24(26)27)23-16-15-21-9-3-4-10-22(21)19-23/h3-16,19-20H,17-18H2,1-2H3,(H,34,39,40). The normalized spacial score (nSPS) is 13.9. The number of hydrogen-bond donors (Lipinski definition) is 1. The number of imide groups is 1. The average Bonchev–Trinajstić information content (AvgIpc) is 3.62. The van der Waals surface area contributed by atoms with Crippen molar-refractivity contribution >= 4 is 55.5 Å². The number of benzene rings is 4. The molecule has 0 radical (unpaired) electrons. The van der Waals surface area contributed by atoms with E-state index >= 15 is 0 Å². The van der Waals surface area contributed by atoms with Crippen molar-refractivity contribution in [3.05, 3.63) is 108 Å². The first kappa shape index (κ1) is 24.1. The predicted molar refractivity (Wildman–Crippen MR) is 159 cm³/mol. The molecule has 6 aromatic rings. The zero-order valence-electron chi connectivity index (χ0n) is 22.3. The monoisotopic (exact) mass is 525 g/mol. The molecule has 7 heteroatoms. The molecule has 4 aromatic carbocycles. The van der Waals surface area contributed by atoms with Gasteiger partial charge in [-0.15, -0.1) is 0 Å². The highest BCUT2D eigenvalue weighted by atomic mass is 16.2. The number of fused-ring (bicyclic) bond motifs is 3. The Bertz CT molecular complexity index is 2010. The summed E-state index contributed by atoms with van der Waals surface area (Å²) in [5.74, 6) is -0.834. The maximum atomic E-state index is 13.5. The number of rotatable bonds is 6. The Labute approximate surface area is 230 Å². The van der Waals surface area contributed by atoms with Crippen LogP contribution in [0.3, 0.4) is 0 Å². The molecule has 7 rings (SSSR count). The highest BCUT2D eigenvalue weighted by Crippen LogP contribution is 2.38. The second-order valence-corrected chi connectivity index (χ2v) is 10.4. The molecule has 1 aliphatic heterocycles. The van der Waals surface area contributed by atoms with Crippen LogP contribution in [0, 0.1) is 0 Å². The van der Waals surface area contributed by atoms with E-state index in [-0.39, 0.29) is 0 Å². The number of para-hydroxylation sites is 2. The number of nitrogens with zero attached hydrogens (tertiary/aromatic N) is 4. The predicted octanol–water partition coefficient (Wildman–Crippen LogP) is 5.26. The number of aromatic nitrogens is 3. The van der Waals surface area contributed by atoms with Crippen LogP contribution in [0.2, 0.25) is 0 Å². The highest BCUT2D eigenvalue weighted by Gasteiger charge is 2.36. The summed E-state index contributed by atoms with van der Waals surface area (Å²) in [5, 5.41) is 11.5. The lowest BCUT2D eigenvalue weighted by Crippen LogP contribution is -2.23. The van der Waals surface area contributed by atoms with Gasteiger partial charge in [0.1, 0.15) is 5.69 Å². The lowest BCUT2D eigenvalue weighted by molar-refractivity contribution is -0.122. The van der Waals surface area contributed by atoms with E-state index in [9.17, 15) is 9.59 Å². The van der Waals surface area contributed by atoms with Gasteiger partial charge in [-0.25, -0.2) is 0 Å². The smallest absolute Gasteiger partial charge is 0.261 e. The van der Waals surface area contributed by atoms with Crippen molar-refractivity contribution in [2.75, 3.05) is 20.6 Å². The topological polar surface area (TPSA) is 72.2 Å². The van der Waals surface area contributed by atoms with E-state index in [1.807, 2.05) is 85.6 Å². The van der Waals surface area contributed by atoms with Crippen molar-refractivity contribution in [2.24, 2.45) is 0 Å². The molecule has 0 saturated carbocycles. The van der Waals surface area contributed by atoms with Crippen LogP contribution in [0.15, 0.2) is 97.2 Å². The molecule has 3 heterocycles. The van der Waals surface area contributed by atoms with Gasteiger partial charge in [-0.1, -0.05) is 66.7 Å². The lowest BCUT2D eigenvalue weighted by atomic mass is 9.97. The van der Waals surface area contributed by atoms with E-state index < -0.39 is 11.8 Å². The van der Waals surface area contributed by atoms with E-state index in [1.165, 1.54) is 0 Å². The summed E-state index contributed by atoms with van der Waals surface area (Å²) >= 11 is 0. The van der Waals surface area contributed by atoms with Gasteiger partial charge in [0, 0.05) is 34.8 Å². The highest BCUT2D eigenvalue weighted by molar-refractivity contribution is 6.50. The van der Waals surface area contributed by atoms with Gasteiger partial charge >= 0.3 is 0 Å². The zero-order valence-corrected chi connectivity index (χ0v) is 22.3. The van der Waals surface area contributed by atoms with Crippen molar-refractivity contribution in [3.8, 4) is 5.69 Å². The Hall–Kier alpha value is -5.01. The summed E-state index contributed by atoms with van der Waals surface area (Å²) in [6.45, 7) is 1.45. The molecule has 0 aliphatic carbocycles. The zero-order chi connectivity index (χ0) is 27.4. The van der Waals surface area contributed by atoms with Gasteiger partial charge < -0.3 is 9.47 Å². The van der Waals surface area contributed by atoms with Crippen LogP contribution >= 0.6 is 0 Å². The number of nitrogens with one attached hydrogen (secondary N) is 1. The van der Waals surface area contributed by atoms with Crippen molar-refractivity contribution in [2.45, 2.75) is 6.54 Å². The Morgan fingerprint density at radius 1 is 0.750 bits per heavy atom. The summed E-state index contributed by atoms with van der Waals surface area (Å²) in [6, 6.07) is 30.4. The molecule has 196 valence electrons. The van der Waals surface area contributed by atoms with Crippen LogP contribution in [-0.2, 0) is 16.1 Å². The molecule has 2 aromatic heterocycles. The summed E-state index contributed by atoms with van der Waals surface area (Å²) in [7, 11) is 4.03. The molecule has 0 saturated heterocycles. The minimum absolute atomic E-state index is 0.311. The third-order valence-electron chi connectivity index (χ3n) is 7.58. The lowest BCUT2D eigenvalue weighted by Gasteiger charge is -2.09. The van der Waals surface area contributed by atoms with Crippen LogP contribution < -0.4 is 5.32 Å². The molecular formula is C33H27N5O2. The van der Waals surface area contributed by atoms with Gasteiger partial charge in [0.25, 0.3) is 11.8 Å².